The summed E-state index contributed by atoms with van der Waals surface area (Å²) in [7, 11) is 3.21. The molecule has 0 fully saturated rings. The number of rotatable bonds is 10. The van der Waals surface area contributed by atoms with E-state index in [2.05, 4.69) is 0 Å². The van der Waals surface area contributed by atoms with E-state index >= 15 is 0 Å². The van der Waals surface area contributed by atoms with E-state index in [0.717, 1.165) is 22.3 Å². The van der Waals surface area contributed by atoms with Crippen molar-refractivity contribution in [2.45, 2.75) is 36.5 Å². The van der Waals surface area contributed by atoms with Gasteiger partial charge in [-0.15, -0.1) is 0 Å². The number of fused-ring (bicyclic) bond motifs is 2. The summed E-state index contributed by atoms with van der Waals surface area (Å²) in [4.78, 5) is 65.8. The van der Waals surface area contributed by atoms with E-state index in [4.69, 9.17) is 9.97 Å². The van der Waals surface area contributed by atoms with Gasteiger partial charge in [0.25, 0.3) is 11.1 Å². The van der Waals surface area contributed by atoms with Gasteiger partial charge in [-0.25, -0.2) is 19.6 Å². The van der Waals surface area contributed by atoms with Gasteiger partial charge in [-0.3, -0.25) is 27.9 Å². The van der Waals surface area contributed by atoms with Gasteiger partial charge in [0.2, 0.25) is 0 Å². The standard InChI is InChI=1S/C40H34N8O4S/c1-43-33-31(35(49)47(39(43)51)25-29-19-11-5-12-20-29)45(23-27-15-7-3-8-16-27)37(41-33)53-38-42-34-32(46(38)24-28-17-9-4-10-18-28)36(50)48(40(52)44(34)2)26-30-21-13-6-14-22-30/h3-22H,23-26H2,1-2H3. The first kappa shape index (κ1) is 33.7. The van der Waals surface area contributed by atoms with E-state index in [1.54, 1.807) is 23.2 Å². The first-order valence-corrected chi connectivity index (χ1v) is 17.8. The molecule has 264 valence electrons. The summed E-state index contributed by atoms with van der Waals surface area (Å²) in [5.74, 6) is 0. The zero-order valence-corrected chi connectivity index (χ0v) is 29.8. The van der Waals surface area contributed by atoms with Crippen molar-refractivity contribution in [3.63, 3.8) is 0 Å². The SMILES string of the molecule is Cn1c(=O)n(Cc2ccccc2)c(=O)c2c1nc(Sc1nc3c(c(=O)n(Cc4ccccc4)c(=O)n3C)n1Cc1ccccc1)n2Cc1ccccc1. The second kappa shape index (κ2) is 13.9. The lowest BCUT2D eigenvalue weighted by molar-refractivity contribution is 0.650. The summed E-state index contributed by atoms with van der Waals surface area (Å²) in [6.45, 7) is 0.744. The molecule has 4 heterocycles. The fourth-order valence-corrected chi connectivity index (χ4v) is 7.54. The molecule has 12 nitrogen and oxygen atoms in total. The van der Waals surface area contributed by atoms with Gasteiger partial charge in [0.1, 0.15) is 0 Å². The van der Waals surface area contributed by atoms with Crippen molar-refractivity contribution in [1.82, 2.24) is 37.4 Å². The number of aryl methyl sites for hydroxylation is 2. The van der Waals surface area contributed by atoms with Crippen molar-refractivity contribution in [3.8, 4) is 0 Å². The van der Waals surface area contributed by atoms with Gasteiger partial charge in [-0.2, -0.15) is 0 Å². The summed E-state index contributed by atoms with van der Waals surface area (Å²) >= 11 is 1.17. The molecule has 0 bridgehead atoms. The van der Waals surface area contributed by atoms with Crippen LogP contribution in [0, 0.1) is 0 Å². The Morgan fingerprint density at radius 1 is 0.434 bits per heavy atom. The minimum absolute atomic E-state index is 0.0947. The predicted molar refractivity (Wildman–Crippen MR) is 205 cm³/mol. The highest BCUT2D eigenvalue weighted by atomic mass is 32.2. The van der Waals surface area contributed by atoms with E-state index in [1.807, 2.05) is 121 Å². The molecule has 0 spiro atoms. The van der Waals surface area contributed by atoms with Gasteiger partial charge >= 0.3 is 11.4 Å². The molecule has 13 heteroatoms. The molecule has 0 saturated heterocycles. The Bertz CT molecular complexity index is 2660. The lowest BCUT2D eigenvalue weighted by Gasteiger charge is -2.12. The molecule has 0 atom stereocenters. The molecule has 0 amide bonds. The highest BCUT2D eigenvalue weighted by Crippen LogP contribution is 2.31. The largest absolute Gasteiger partial charge is 0.332 e. The van der Waals surface area contributed by atoms with Gasteiger partial charge in [0.15, 0.2) is 32.6 Å². The third kappa shape index (κ3) is 6.25. The van der Waals surface area contributed by atoms with Crippen LogP contribution in [0.25, 0.3) is 22.3 Å². The zero-order valence-electron chi connectivity index (χ0n) is 29.0. The van der Waals surface area contributed by atoms with Crippen molar-refractivity contribution in [1.29, 1.82) is 0 Å². The Morgan fingerprint density at radius 2 is 0.717 bits per heavy atom. The molecule has 8 rings (SSSR count). The number of benzene rings is 4. The van der Waals surface area contributed by atoms with Crippen LogP contribution in [0.1, 0.15) is 22.3 Å². The zero-order chi connectivity index (χ0) is 36.6. The van der Waals surface area contributed by atoms with Crippen molar-refractivity contribution >= 4 is 34.1 Å². The molecule has 0 aliphatic carbocycles. The van der Waals surface area contributed by atoms with Crippen molar-refractivity contribution in [3.05, 3.63) is 185 Å². The Morgan fingerprint density at radius 3 is 1.02 bits per heavy atom. The van der Waals surface area contributed by atoms with Crippen molar-refractivity contribution in [2.75, 3.05) is 0 Å². The first-order valence-electron chi connectivity index (χ1n) is 17.0. The maximum absolute atomic E-state index is 14.3. The van der Waals surface area contributed by atoms with Crippen LogP contribution >= 0.6 is 11.8 Å². The third-order valence-electron chi connectivity index (χ3n) is 9.31. The normalized spacial score (nSPS) is 11.5. The lowest BCUT2D eigenvalue weighted by Crippen LogP contribution is -2.40. The summed E-state index contributed by atoms with van der Waals surface area (Å²) in [6.07, 6.45) is 0. The number of hydrogen-bond donors (Lipinski definition) is 0. The molecule has 4 aromatic carbocycles. The Kier molecular flexibility index (Phi) is 8.84. The van der Waals surface area contributed by atoms with Gasteiger partial charge in [0.05, 0.1) is 26.2 Å². The van der Waals surface area contributed by atoms with Crippen LogP contribution in [-0.2, 0) is 40.3 Å². The molecule has 0 aliphatic rings. The summed E-state index contributed by atoms with van der Waals surface area (Å²) < 4.78 is 8.85. The highest BCUT2D eigenvalue weighted by Gasteiger charge is 2.26. The van der Waals surface area contributed by atoms with E-state index in [1.165, 1.54) is 30.0 Å². The molecular weight excluding hydrogens is 689 g/mol. The average Bonchev–Trinajstić information content (AvgIpc) is 3.73. The number of imidazole rings is 2. The summed E-state index contributed by atoms with van der Waals surface area (Å²) in [5.41, 5.74) is 2.53. The quantitative estimate of drug-likeness (QED) is 0.205. The molecule has 0 saturated carbocycles. The number of nitrogens with zero attached hydrogens (tertiary/aromatic N) is 8. The predicted octanol–water partition coefficient (Wildman–Crippen LogP) is 4.45. The minimum Gasteiger partial charge on any atom is -0.308 e. The smallest absolute Gasteiger partial charge is 0.308 e. The highest BCUT2D eigenvalue weighted by molar-refractivity contribution is 7.99. The fourth-order valence-electron chi connectivity index (χ4n) is 6.58. The van der Waals surface area contributed by atoms with Crippen LogP contribution in [0.3, 0.4) is 0 Å². The Balaban J connectivity index is 1.35. The monoisotopic (exact) mass is 722 g/mol. The minimum atomic E-state index is -0.488. The van der Waals surface area contributed by atoms with E-state index in [0.29, 0.717) is 10.3 Å². The van der Waals surface area contributed by atoms with E-state index in [9.17, 15) is 19.2 Å². The van der Waals surface area contributed by atoms with Crippen molar-refractivity contribution in [2.24, 2.45) is 14.1 Å². The fraction of sp³-hybridized carbons (Fsp3) is 0.150. The van der Waals surface area contributed by atoms with Crippen LogP contribution in [0.4, 0.5) is 0 Å². The van der Waals surface area contributed by atoms with Gasteiger partial charge in [-0.1, -0.05) is 121 Å². The number of aromatic nitrogens is 8. The average molecular weight is 723 g/mol. The molecular formula is C40H34N8O4S. The first-order chi connectivity index (χ1) is 25.8. The molecule has 4 aromatic heterocycles. The van der Waals surface area contributed by atoms with Crippen molar-refractivity contribution < 1.29 is 0 Å². The van der Waals surface area contributed by atoms with Crippen LogP contribution in [0.15, 0.2) is 151 Å². The lowest BCUT2D eigenvalue weighted by atomic mass is 10.2. The summed E-state index contributed by atoms with van der Waals surface area (Å²) in [6, 6.07) is 38.1. The molecule has 0 aliphatic heterocycles. The van der Waals surface area contributed by atoms with Crippen LogP contribution in [0.5, 0.6) is 0 Å². The van der Waals surface area contributed by atoms with Gasteiger partial charge < -0.3 is 9.13 Å². The molecule has 0 unspecified atom stereocenters. The van der Waals surface area contributed by atoms with Crippen LogP contribution in [0.2, 0.25) is 0 Å². The number of hydrogen-bond acceptors (Lipinski definition) is 7. The van der Waals surface area contributed by atoms with Gasteiger partial charge in [0, 0.05) is 14.1 Å². The van der Waals surface area contributed by atoms with E-state index in [-0.39, 0.29) is 48.5 Å². The van der Waals surface area contributed by atoms with Crippen LogP contribution < -0.4 is 22.5 Å². The van der Waals surface area contributed by atoms with Gasteiger partial charge in [-0.05, 0) is 34.0 Å². The Hall–Kier alpha value is -6.47. The summed E-state index contributed by atoms with van der Waals surface area (Å²) in [5, 5.41) is 0.792. The second-order valence-corrected chi connectivity index (χ2v) is 13.8. The third-order valence-corrected chi connectivity index (χ3v) is 10.3. The second-order valence-electron chi connectivity index (χ2n) is 12.8. The molecule has 8 aromatic rings. The van der Waals surface area contributed by atoms with Crippen LogP contribution in [-0.4, -0.2) is 37.4 Å². The van der Waals surface area contributed by atoms with E-state index < -0.39 is 22.5 Å². The maximum Gasteiger partial charge on any atom is 0.332 e. The Labute approximate surface area is 306 Å². The molecule has 0 N–H and O–H groups in total. The molecule has 0 radical (unpaired) electrons. The molecule has 53 heavy (non-hydrogen) atoms. The topological polar surface area (TPSA) is 124 Å². The maximum atomic E-state index is 14.3.